The molecule has 3 N–H and O–H groups in total. The molecule has 0 aliphatic carbocycles. The fourth-order valence-corrected chi connectivity index (χ4v) is 6.24. The van der Waals surface area contributed by atoms with Crippen molar-refractivity contribution in [1.82, 2.24) is 19.8 Å². The van der Waals surface area contributed by atoms with Crippen molar-refractivity contribution in [3.8, 4) is 11.1 Å². The second-order valence-corrected chi connectivity index (χ2v) is 11.4. The molecule has 0 atom stereocenters. The molecule has 2 aromatic heterocycles. The Morgan fingerprint density at radius 2 is 1.55 bits per heavy atom. The van der Waals surface area contributed by atoms with Gasteiger partial charge < -0.3 is 20.0 Å². The van der Waals surface area contributed by atoms with Crippen LogP contribution in [0, 0.1) is 0 Å². The Hall–Kier alpha value is -5.23. The van der Waals surface area contributed by atoms with E-state index in [9.17, 15) is 18.0 Å². The molecule has 0 bridgehead atoms. The molecule has 42 heavy (non-hydrogen) atoms. The van der Waals surface area contributed by atoms with Crippen LogP contribution in [0.3, 0.4) is 0 Å². The minimum Gasteiger partial charge on any atom is -0.451 e. The average molecular weight is 583 g/mol. The van der Waals surface area contributed by atoms with Crippen LogP contribution in [0.5, 0.6) is 0 Å². The summed E-state index contributed by atoms with van der Waals surface area (Å²) in [6.07, 6.45) is 4.16. The van der Waals surface area contributed by atoms with Crippen molar-refractivity contribution in [1.29, 1.82) is 0 Å². The molecule has 2 amide bonds. The van der Waals surface area contributed by atoms with Gasteiger partial charge in [-0.1, -0.05) is 24.3 Å². The maximum absolute atomic E-state index is 13.6. The summed E-state index contributed by atoms with van der Waals surface area (Å²) in [4.78, 5) is 37.3. The fourth-order valence-electron chi connectivity index (χ4n) is 4.98. The lowest BCUT2D eigenvalue weighted by Gasteiger charge is -2.34. The number of aromatic nitrogens is 2. The van der Waals surface area contributed by atoms with Gasteiger partial charge in [0, 0.05) is 65.8 Å². The van der Waals surface area contributed by atoms with E-state index in [1.165, 1.54) is 24.8 Å². The lowest BCUT2D eigenvalue weighted by molar-refractivity contribution is 0.0532. The van der Waals surface area contributed by atoms with E-state index in [1.807, 2.05) is 30.3 Å². The van der Waals surface area contributed by atoms with E-state index in [2.05, 4.69) is 14.7 Å². The molecule has 12 heteroatoms. The maximum atomic E-state index is 13.6. The van der Waals surface area contributed by atoms with E-state index in [-0.39, 0.29) is 22.4 Å². The van der Waals surface area contributed by atoms with Gasteiger partial charge in [0.25, 0.3) is 21.8 Å². The Balaban J connectivity index is 1.18. The predicted octanol–water partition coefficient (Wildman–Crippen LogP) is 3.87. The smallest absolute Gasteiger partial charge is 0.275 e. The number of rotatable bonds is 6. The number of nitrogen functional groups attached to an aromatic ring is 1. The Kier molecular flexibility index (Phi) is 7.05. The molecule has 3 heterocycles. The van der Waals surface area contributed by atoms with Gasteiger partial charge >= 0.3 is 0 Å². The minimum atomic E-state index is -4.04. The largest absolute Gasteiger partial charge is 0.451 e. The number of nitrogens with one attached hydrogen (secondary N) is 1. The van der Waals surface area contributed by atoms with Crippen LogP contribution in [-0.4, -0.2) is 66.2 Å². The van der Waals surface area contributed by atoms with E-state index >= 15 is 0 Å². The number of benzene rings is 3. The minimum absolute atomic E-state index is 0.0491. The highest BCUT2D eigenvalue weighted by atomic mass is 32.2. The summed E-state index contributed by atoms with van der Waals surface area (Å²) in [5.41, 5.74) is 9.15. The number of carbonyl (C=O) groups is 2. The zero-order valence-corrected chi connectivity index (χ0v) is 23.1. The molecule has 11 nitrogen and oxygen atoms in total. The van der Waals surface area contributed by atoms with Crippen molar-refractivity contribution in [2.45, 2.75) is 4.90 Å². The van der Waals surface area contributed by atoms with Crippen molar-refractivity contribution in [3.05, 3.63) is 103 Å². The van der Waals surface area contributed by atoms with Crippen molar-refractivity contribution in [3.63, 3.8) is 0 Å². The normalized spacial score (nSPS) is 13.7. The second-order valence-electron chi connectivity index (χ2n) is 9.78. The lowest BCUT2D eigenvalue weighted by Crippen LogP contribution is -2.50. The molecule has 6 rings (SSSR count). The number of para-hydroxylation sites is 1. The summed E-state index contributed by atoms with van der Waals surface area (Å²) in [6.45, 7) is 1.45. The first kappa shape index (κ1) is 27.0. The molecular formula is C30H26N6O5S. The van der Waals surface area contributed by atoms with Gasteiger partial charge in [0.15, 0.2) is 12.1 Å². The van der Waals surface area contributed by atoms with Crippen LogP contribution in [0.1, 0.15) is 20.8 Å². The zero-order chi connectivity index (χ0) is 29.3. The van der Waals surface area contributed by atoms with Crippen LogP contribution in [0.2, 0.25) is 0 Å². The van der Waals surface area contributed by atoms with Crippen molar-refractivity contribution < 1.29 is 22.4 Å². The van der Waals surface area contributed by atoms with E-state index in [1.54, 1.807) is 46.3 Å². The summed E-state index contributed by atoms with van der Waals surface area (Å²) in [7, 11) is -4.04. The third kappa shape index (κ3) is 5.27. The quantitative estimate of drug-likeness (QED) is 0.286. The lowest BCUT2D eigenvalue weighted by atomic mass is 10.0. The first-order valence-electron chi connectivity index (χ1n) is 13.1. The highest BCUT2D eigenvalue weighted by molar-refractivity contribution is 7.92. The number of anilines is 2. The van der Waals surface area contributed by atoms with Crippen molar-refractivity contribution in [2.24, 2.45) is 0 Å². The number of nitrogens with two attached hydrogens (primary N) is 1. The summed E-state index contributed by atoms with van der Waals surface area (Å²) in [5, 5.41) is 0.872. The summed E-state index contributed by atoms with van der Waals surface area (Å²) < 4.78 is 34.7. The summed E-state index contributed by atoms with van der Waals surface area (Å²) in [6, 6.07) is 20.2. The van der Waals surface area contributed by atoms with Crippen LogP contribution >= 0.6 is 0 Å². The molecule has 0 saturated carbocycles. The number of carbonyl (C=O) groups excluding carboxylic acids is 2. The fraction of sp³-hybridized carbons (Fsp3) is 0.133. The van der Waals surface area contributed by atoms with Crippen molar-refractivity contribution >= 4 is 44.1 Å². The monoisotopic (exact) mass is 582 g/mol. The highest BCUT2D eigenvalue weighted by Gasteiger charge is 2.27. The second kappa shape index (κ2) is 11.0. The highest BCUT2D eigenvalue weighted by Crippen LogP contribution is 2.34. The zero-order valence-electron chi connectivity index (χ0n) is 22.3. The van der Waals surface area contributed by atoms with Gasteiger partial charge in [0.2, 0.25) is 0 Å². The third-order valence-corrected chi connectivity index (χ3v) is 8.55. The first-order valence-corrected chi connectivity index (χ1v) is 14.6. The third-order valence-electron chi connectivity index (χ3n) is 7.11. The number of sulfonamides is 1. The molecule has 1 fully saturated rings. The van der Waals surface area contributed by atoms with E-state index in [0.29, 0.717) is 59.8 Å². The van der Waals surface area contributed by atoms with Gasteiger partial charge in [-0.05, 0) is 48.5 Å². The molecular weight excluding hydrogens is 556 g/mol. The van der Waals surface area contributed by atoms with E-state index in [4.69, 9.17) is 10.2 Å². The summed E-state index contributed by atoms with van der Waals surface area (Å²) >= 11 is 0. The van der Waals surface area contributed by atoms with Gasteiger partial charge in [-0.3, -0.25) is 19.3 Å². The molecule has 5 aromatic rings. The molecule has 0 unspecified atom stereocenters. The number of amides is 2. The number of fused-ring (bicyclic) bond motifs is 1. The van der Waals surface area contributed by atoms with Crippen molar-refractivity contribution in [2.75, 3.05) is 36.6 Å². The Labute approximate surface area is 241 Å². The number of oxazole rings is 1. The Morgan fingerprint density at radius 1 is 0.833 bits per heavy atom. The van der Waals surface area contributed by atoms with Gasteiger partial charge in [0.1, 0.15) is 6.26 Å². The Morgan fingerprint density at radius 3 is 2.26 bits per heavy atom. The van der Waals surface area contributed by atoms with Crippen LogP contribution in [0.4, 0.5) is 11.4 Å². The molecule has 212 valence electrons. The van der Waals surface area contributed by atoms with Crippen LogP contribution in [-0.2, 0) is 10.0 Å². The van der Waals surface area contributed by atoms with E-state index in [0.717, 1.165) is 5.39 Å². The SMILES string of the molecule is Nc1ccc(S(=O)(=O)Nc2ccc(C(=O)N3CCN(C(=O)c4cocn4)CC3)cc2)c(-c2cccc3cccnc23)c1. The van der Waals surface area contributed by atoms with Crippen LogP contribution in [0.25, 0.3) is 22.0 Å². The molecule has 1 saturated heterocycles. The number of hydrogen-bond acceptors (Lipinski definition) is 8. The number of piperazine rings is 1. The average Bonchev–Trinajstić information content (AvgIpc) is 3.55. The standard InChI is InChI=1S/C30H26N6O5S/c31-22-8-11-27(25(17-22)24-5-1-3-20-4-2-12-32-28(20)24)42(39,40)34-23-9-6-21(7-10-23)29(37)35-13-15-36(16-14-35)30(38)26-18-41-19-33-26/h1-12,17-19,34H,13-16,31H2. The predicted molar refractivity (Wildman–Crippen MR) is 157 cm³/mol. The molecule has 3 aromatic carbocycles. The van der Waals surface area contributed by atoms with Crippen LogP contribution < -0.4 is 10.5 Å². The maximum Gasteiger partial charge on any atom is 0.275 e. The molecule has 1 aliphatic heterocycles. The molecule has 1 aliphatic rings. The first-order chi connectivity index (χ1) is 20.3. The number of pyridine rings is 1. The van der Waals surface area contributed by atoms with Gasteiger partial charge in [-0.2, -0.15) is 0 Å². The molecule has 0 radical (unpaired) electrons. The van der Waals surface area contributed by atoms with Gasteiger partial charge in [-0.15, -0.1) is 0 Å². The van der Waals surface area contributed by atoms with Crippen LogP contribution in [0.15, 0.2) is 101 Å². The number of nitrogens with zero attached hydrogens (tertiary/aromatic N) is 4. The molecule has 0 spiro atoms. The van der Waals surface area contributed by atoms with Gasteiger partial charge in [0.05, 0.1) is 10.4 Å². The van der Waals surface area contributed by atoms with E-state index < -0.39 is 10.0 Å². The Bertz CT molecular complexity index is 1880. The number of hydrogen-bond donors (Lipinski definition) is 2. The topological polar surface area (TPSA) is 152 Å². The summed E-state index contributed by atoms with van der Waals surface area (Å²) in [5.74, 6) is -0.448. The van der Waals surface area contributed by atoms with Gasteiger partial charge in [-0.25, -0.2) is 13.4 Å².